The van der Waals surface area contributed by atoms with Crippen molar-refractivity contribution in [2.75, 3.05) is 66.1 Å². The topological polar surface area (TPSA) is 89.4 Å². The molecule has 0 atom stereocenters. The Labute approximate surface area is 190 Å². The van der Waals surface area contributed by atoms with Gasteiger partial charge in [0.25, 0.3) is 0 Å². The molecule has 1 aromatic rings. The molecule has 1 amide bonds. The molecule has 0 aliphatic carbocycles. The number of hydrogen-bond acceptors (Lipinski definition) is 5. The molecule has 29 heavy (non-hydrogen) atoms. The number of aliphatic imine (C=N–C) groups is 1. The van der Waals surface area contributed by atoms with Gasteiger partial charge in [-0.15, -0.1) is 24.0 Å². The molecule has 0 saturated carbocycles. The smallest absolute Gasteiger partial charge is 0.234 e. The van der Waals surface area contributed by atoms with Crippen LogP contribution in [0.25, 0.3) is 0 Å². The van der Waals surface area contributed by atoms with Gasteiger partial charge in [0.05, 0.1) is 13.2 Å². The third-order valence-corrected chi connectivity index (χ3v) is 4.57. The lowest BCUT2D eigenvalue weighted by molar-refractivity contribution is -0.122. The van der Waals surface area contributed by atoms with Gasteiger partial charge in [0, 0.05) is 52.9 Å². The molecule has 0 unspecified atom stereocenters. The lowest BCUT2D eigenvalue weighted by Crippen LogP contribution is -2.54. The molecule has 1 aromatic carbocycles. The minimum atomic E-state index is 0. The van der Waals surface area contributed by atoms with E-state index >= 15 is 0 Å². The molecule has 0 bridgehead atoms. The van der Waals surface area contributed by atoms with Gasteiger partial charge >= 0.3 is 0 Å². The number of hydrogen-bond donors (Lipinski definition) is 3. The van der Waals surface area contributed by atoms with Gasteiger partial charge in [-0.05, 0) is 31.0 Å². The van der Waals surface area contributed by atoms with Crippen molar-refractivity contribution in [1.82, 2.24) is 20.4 Å². The van der Waals surface area contributed by atoms with E-state index in [9.17, 15) is 9.90 Å². The summed E-state index contributed by atoms with van der Waals surface area (Å²) in [5.74, 6) is 1.24. The van der Waals surface area contributed by atoms with Gasteiger partial charge in [0.1, 0.15) is 5.75 Å². The van der Waals surface area contributed by atoms with Gasteiger partial charge in [0.2, 0.25) is 5.91 Å². The molecule has 2 rings (SSSR count). The van der Waals surface area contributed by atoms with Crippen LogP contribution in [0.4, 0.5) is 0 Å². The van der Waals surface area contributed by atoms with Crippen LogP contribution in [0.1, 0.15) is 12.5 Å². The molecule has 3 N–H and O–H groups in total. The fourth-order valence-corrected chi connectivity index (χ4v) is 3.10. The Morgan fingerprint density at radius 1 is 1.24 bits per heavy atom. The fourth-order valence-electron chi connectivity index (χ4n) is 3.10. The first-order chi connectivity index (χ1) is 13.6. The van der Waals surface area contributed by atoms with Crippen molar-refractivity contribution in [3.05, 3.63) is 29.8 Å². The summed E-state index contributed by atoms with van der Waals surface area (Å²) in [6.45, 7) is 8.36. The molecule has 0 aromatic heterocycles. The predicted octanol–water partition coefficient (Wildman–Crippen LogP) is 0.898. The van der Waals surface area contributed by atoms with E-state index in [-0.39, 0.29) is 35.6 Å². The number of piperazine rings is 1. The standard InChI is InChI=1S/C20H33N5O3.HI/c1-3-21-20(23-8-7-17-5-4-6-18(26)15-17)25-12-10-24(11-13-25)16-19(27)22-9-14-28-2;/h4-6,15,26H,3,7-14,16H2,1-2H3,(H,21,23)(H,22,27);1H. The van der Waals surface area contributed by atoms with Crippen LogP contribution in [0.15, 0.2) is 29.3 Å². The lowest BCUT2D eigenvalue weighted by atomic mass is 10.1. The van der Waals surface area contributed by atoms with E-state index in [1.54, 1.807) is 19.2 Å². The summed E-state index contributed by atoms with van der Waals surface area (Å²) < 4.78 is 4.94. The number of phenols is 1. The van der Waals surface area contributed by atoms with E-state index in [0.717, 1.165) is 50.7 Å². The van der Waals surface area contributed by atoms with Gasteiger partial charge < -0.3 is 25.4 Å². The van der Waals surface area contributed by atoms with Gasteiger partial charge in [-0.25, -0.2) is 0 Å². The number of carbonyl (C=O) groups is 1. The molecule has 164 valence electrons. The van der Waals surface area contributed by atoms with Crippen LogP contribution in [0, 0.1) is 0 Å². The van der Waals surface area contributed by atoms with Crippen LogP contribution in [0.5, 0.6) is 5.75 Å². The Morgan fingerprint density at radius 2 is 2.00 bits per heavy atom. The number of guanidine groups is 1. The number of amides is 1. The SMILES string of the molecule is CCNC(=NCCc1cccc(O)c1)N1CCN(CC(=O)NCCOC)CC1.I. The molecule has 8 nitrogen and oxygen atoms in total. The number of nitrogens with zero attached hydrogens (tertiary/aromatic N) is 3. The van der Waals surface area contributed by atoms with E-state index in [1.807, 2.05) is 12.1 Å². The summed E-state index contributed by atoms with van der Waals surface area (Å²) >= 11 is 0. The maximum atomic E-state index is 11.9. The van der Waals surface area contributed by atoms with Crippen LogP contribution in [-0.4, -0.2) is 92.8 Å². The Morgan fingerprint density at radius 3 is 2.66 bits per heavy atom. The second-order valence-electron chi connectivity index (χ2n) is 6.76. The number of halogens is 1. The van der Waals surface area contributed by atoms with Crippen molar-refractivity contribution < 1.29 is 14.6 Å². The highest BCUT2D eigenvalue weighted by Crippen LogP contribution is 2.11. The second-order valence-corrected chi connectivity index (χ2v) is 6.76. The van der Waals surface area contributed by atoms with E-state index in [2.05, 4.69) is 27.4 Å². The normalized spacial score (nSPS) is 15.0. The summed E-state index contributed by atoms with van der Waals surface area (Å²) in [5.41, 5.74) is 1.07. The highest BCUT2D eigenvalue weighted by Gasteiger charge is 2.21. The van der Waals surface area contributed by atoms with Crippen LogP contribution in [-0.2, 0) is 16.0 Å². The molecule has 1 heterocycles. The Kier molecular flexibility index (Phi) is 12.6. The number of carbonyl (C=O) groups excluding carboxylic acids is 1. The second kappa shape index (κ2) is 14.4. The predicted molar refractivity (Wildman–Crippen MR) is 126 cm³/mol. The zero-order valence-electron chi connectivity index (χ0n) is 17.4. The molecule has 0 radical (unpaired) electrons. The van der Waals surface area contributed by atoms with Crippen molar-refractivity contribution in [1.29, 1.82) is 0 Å². The van der Waals surface area contributed by atoms with Gasteiger partial charge in [0.15, 0.2) is 5.96 Å². The molecular weight excluding hydrogens is 485 g/mol. The van der Waals surface area contributed by atoms with E-state index in [0.29, 0.717) is 26.2 Å². The molecular formula is C20H34IN5O3. The average molecular weight is 519 g/mol. The number of benzene rings is 1. The number of methoxy groups -OCH3 is 1. The maximum absolute atomic E-state index is 11.9. The molecule has 9 heteroatoms. The average Bonchev–Trinajstić information content (AvgIpc) is 2.68. The monoisotopic (exact) mass is 519 g/mol. The van der Waals surface area contributed by atoms with Crippen molar-refractivity contribution in [3.63, 3.8) is 0 Å². The fraction of sp³-hybridized carbons (Fsp3) is 0.600. The Bertz CT molecular complexity index is 636. The molecule has 0 spiro atoms. The third-order valence-electron chi connectivity index (χ3n) is 4.57. The zero-order chi connectivity index (χ0) is 20.2. The number of ether oxygens (including phenoxy) is 1. The van der Waals surface area contributed by atoms with E-state index in [1.165, 1.54) is 0 Å². The summed E-state index contributed by atoms with van der Waals surface area (Å²) in [4.78, 5) is 21.1. The van der Waals surface area contributed by atoms with Crippen molar-refractivity contribution in [2.45, 2.75) is 13.3 Å². The number of rotatable bonds is 9. The maximum Gasteiger partial charge on any atom is 0.234 e. The first-order valence-corrected chi connectivity index (χ1v) is 9.91. The molecule has 1 saturated heterocycles. The Hall–Kier alpha value is -1.59. The summed E-state index contributed by atoms with van der Waals surface area (Å²) in [7, 11) is 1.62. The highest BCUT2D eigenvalue weighted by atomic mass is 127. The van der Waals surface area contributed by atoms with Crippen LogP contribution in [0.3, 0.4) is 0 Å². The molecule has 1 aliphatic heterocycles. The first kappa shape index (κ1) is 25.4. The summed E-state index contributed by atoms with van der Waals surface area (Å²) in [6.07, 6.45) is 0.783. The first-order valence-electron chi connectivity index (χ1n) is 9.91. The van der Waals surface area contributed by atoms with Crippen molar-refractivity contribution in [2.24, 2.45) is 4.99 Å². The van der Waals surface area contributed by atoms with Gasteiger partial charge in [-0.2, -0.15) is 0 Å². The van der Waals surface area contributed by atoms with E-state index < -0.39 is 0 Å². The molecule has 1 aliphatic rings. The van der Waals surface area contributed by atoms with Gasteiger partial charge in [-0.1, -0.05) is 12.1 Å². The minimum Gasteiger partial charge on any atom is -0.508 e. The number of aromatic hydroxyl groups is 1. The zero-order valence-corrected chi connectivity index (χ0v) is 19.7. The summed E-state index contributed by atoms with van der Waals surface area (Å²) in [6, 6.07) is 7.30. The highest BCUT2D eigenvalue weighted by molar-refractivity contribution is 14.0. The van der Waals surface area contributed by atoms with Crippen LogP contribution < -0.4 is 10.6 Å². The minimum absolute atomic E-state index is 0. The van der Waals surface area contributed by atoms with Crippen molar-refractivity contribution in [3.8, 4) is 5.75 Å². The molecule has 1 fully saturated rings. The van der Waals surface area contributed by atoms with Crippen molar-refractivity contribution >= 4 is 35.8 Å². The van der Waals surface area contributed by atoms with Crippen LogP contribution >= 0.6 is 24.0 Å². The summed E-state index contributed by atoms with van der Waals surface area (Å²) in [5, 5.41) is 15.8. The lowest BCUT2D eigenvalue weighted by Gasteiger charge is -2.36. The Balaban J connectivity index is 0.00000420. The number of phenolic OH excluding ortho intramolecular Hbond substituents is 1. The quantitative estimate of drug-likeness (QED) is 0.195. The number of nitrogens with one attached hydrogen (secondary N) is 2. The van der Waals surface area contributed by atoms with E-state index in [4.69, 9.17) is 9.73 Å². The van der Waals surface area contributed by atoms with Crippen LogP contribution in [0.2, 0.25) is 0 Å². The largest absolute Gasteiger partial charge is 0.508 e. The third kappa shape index (κ3) is 9.64. The van der Waals surface area contributed by atoms with Gasteiger partial charge in [-0.3, -0.25) is 14.7 Å².